The second-order valence-corrected chi connectivity index (χ2v) is 9.42. The van der Waals surface area contributed by atoms with Gasteiger partial charge in [0.1, 0.15) is 0 Å². The van der Waals surface area contributed by atoms with Crippen LogP contribution in [0.15, 0.2) is 48.5 Å². The van der Waals surface area contributed by atoms with E-state index in [4.69, 9.17) is 0 Å². The van der Waals surface area contributed by atoms with Crippen molar-refractivity contribution in [1.29, 1.82) is 0 Å². The molecule has 2 aromatic carbocycles. The highest BCUT2D eigenvalue weighted by molar-refractivity contribution is 5.46. The van der Waals surface area contributed by atoms with Crippen molar-refractivity contribution in [3.8, 4) is 23.7 Å². The molecule has 0 nitrogen and oxygen atoms in total. The summed E-state index contributed by atoms with van der Waals surface area (Å²) >= 11 is 0. The smallest absolute Gasteiger partial charge is 0.0249 e. The average Bonchev–Trinajstić information content (AvgIpc) is 2.84. The number of unbranched alkanes of at least 4 members (excludes halogenated alkanes) is 5. The van der Waals surface area contributed by atoms with E-state index in [-0.39, 0.29) is 0 Å². The first kappa shape index (κ1) is 24.2. The molecule has 1 aliphatic carbocycles. The molecule has 1 aliphatic rings. The Hall–Kier alpha value is -2.44. The van der Waals surface area contributed by atoms with Crippen molar-refractivity contribution in [2.45, 2.75) is 96.8 Å². The highest BCUT2D eigenvalue weighted by Gasteiger charge is 2.21. The molecule has 1 saturated carbocycles. The van der Waals surface area contributed by atoms with Crippen molar-refractivity contribution in [3.63, 3.8) is 0 Å². The van der Waals surface area contributed by atoms with Gasteiger partial charge in [-0.2, -0.15) is 0 Å². The molecule has 32 heavy (non-hydrogen) atoms. The van der Waals surface area contributed by atoms with E-state index >= 15 is 0 Å². The third kappa shape index (κ3) is 8.24. The number of rotatable bonds is 8. The minimum absolute atomic E-state index is 0.745. The van der Waals surface area contributed by atoms with E-state index in [1.165, 1.54) is 69.8 Å². The first-order chi connectivity index (χ1) is 15.8. The van der Waals surface area contributed by atoms with Crippen LogP contribution < -0.4 is 0 Å². The quantitative estimate of drug-likeness (QED) is 0.293. The predicted octanol–water partition coefficient (Wildman–Crippen LogP) is 8.87. The average molecular weight is 425 g/mol. The Morgan fingerprint density at radius 2 is 1.19 bits per heavy atom. The summed E-state index contributed by atoms with van der Waals surface area (Å²) in [6.45, 7) is 4.45. The molecule has 0 aliphatic heterocycles. The van der Waals surface area contributed by atoms with Gasteiger partial charge in [-0.05, 0) is 85.9 Å². The lowest BCUT2D eigenvalue weighted by Crippen LogP contribution is -2.13. The van der Waals surface area contributed by atoms with Crippen LogP contribution in [0.25, 0.3) is 0 Å². The maximum Gasteiger partial charge on any atom is 0.0249 e. The van der Waals surface area contributed by atoms with Crippen LogP contribution in [0.5, 0.6) is 0 Å². The highest BCUT2D eigenvalue weighted by atomic mass is 14.3. The third-order valence-electron chi connectivity index (χ3n) is 6.79. The number of benzene rings is 2. The standard InChI is InChI=1S/C32H40/c1-3-5-7-8-10-12-28-19-23-31(24-20-28)32-25-21-30(22-26-32)18-17-29-15-13-27(14-16-29)11-9-6-4-2/h13-16,21-22,25-26,28,31H,3-8,10,12,19-20,23-24H2,1-2H3/t28-,31-. The zero-order chi connectivity index (χ0) is 22.4. The predicted molar refractivity (Wildman–Crippen MR) is 139 cm³/mol. The van der Waals surface area contributed by atoms with E-state index in [1.807, 2.05) is 0 Å². The van der Waals surface area contributed by atoms with Crippen LogP contribution in [0, 0.1) is 29.6 Å². The van der Waals surface area contributed by atoms with Crippen LogP contribution in [0.2, 0.25) is 0 Å². The Balaban J connectivity index is 1.46. The first-order valence-electron chi connectivity index (χ1n) is 13.0. The monoisotopic (exact) mass is 424 g/mol. The van der Waals surface area contributed by atoms with E-state index in [9.17, 15) is 0 Å². The normalized spacial score (nSPS) is 17.7. The largest absolute Gasteiger partial charge is 0.0979 e. The molecule has 0 aromatic heterocycles. The molecular formula is C32H40. The lowest BCUT2D eigenvalue weighted by molar-refractivity contribution is 0.302. The third-order valence-corrected chi connectivity index (χ3v) is 6.79. The second-order valence-electron chi connectivity index (χ2n) is 9.42. The summed E-state index contributed by atoms with van der Waals surface area (Å²) in [6, 6.07) is 17.3. The van der Waals surface area contributed by atoms with Crippen molar-refractivity contribution < 1.29 is 0 Å². The van der Waals surface area contributed by atoms with E-state index < -0.39 is 0 Å². The summed E-state index contributed by atoms with van der Waals surface area (Å²) in [6.07, 6.45) is 16.1. The summed E-state index contributed by atoms with van der Waals surface area (Å²) in [4.78, 5) is 0. The Labute approximate surface area is 197 Å². The molecule has 2 aromatic rings. The van der Waals surface area contributed by atoms with Gasteiger partial charge >= 0.3 is 0 Å². The second kappa shape index (κ2) is 13.9. The summed E-state index contributed by atoms with van der Waals surface area (Å²) in [5.74, 6) is 14.7. The highest BCUT2D eigenvalue weighted by Crippen LogP contribution is 2.37. The van der Waals surface area contributed by atoms with Crippen molar-refractivity contribution in [1.82, 2.24) is 0 Å². The Kier molecular flexibility index (Phi) is 10.5. The van der Waals surface area contributed by atoms with Crippen LogP contribution in [0.1, 0.15) is 119 Å². The van der Waals surface area contributed by atoms with Gasteiger partial charge in [0.2, 0.25) is 0 Å². The molecule has 1 fully saturated rings. The molecule has 168 valence electrons. The van der Waals surface area contributed by atoms with Gasteiger partial charge in [-0.25, -0.2) is 0 Å². The van der Waals surface area contributed by atoms with Gasteiger partial charge in [0.15, 0.2) is 0 Å². The molecule has 0 radical (unpaired) electrons. The maximum atomic E-state index is 3.32. The summed E-state index contributed by atoms with van der Waals surface area (Å²) in [5, 5.41) is 0. The fourth-order valence-electron chi connectivity index (χ4n) is 4.73. The molecule has 0 N–H and O–H groups in total. The number of hydrogen-bond donors (Lipinski definition) is 0. The van der Waals surface area contributed by atoms with Crippen molar-refractivity contribution in [2.24, 2.45) is 5.92 Å². The van der Waals surface area contributed by atoms with Crippen molar-refractivity contribution in [3.05, 3.63) is 70.8 Å². The van der Waals surface area contributed by atoms with Crippen LogP contribution in [0.4, 0.5) is 0 Å². The minimum atomic E-state index is 0.745. The SMILES string of the molecule is CCCC#Cc1ccc(C#Cc2ccc([C@H]3CC[C@H](CCCCCCC)CC3)cc2)cc1. The van der Waals surface area contributed by atoms with Gasteiger partial charge in [0, 0.05) is 23.1 Å². The van der Waals surface area contributed by atoms with Crippen LogP contribution >= 0.6 is 0 Å². The number of hydrogen-bond acceptors (Lipinski definition) is 0. The Morgan fingerprint density at radius 1 is 0.625 bits per heavy atom. The van der Waals surface area contributed by atoms with Crippen molar-refractivity contribution in [2.75, 3.05) is 0 Å². The van der Waals surface area contributed by atoms with Crippen molar-refractivity contribution >= 4 is 0 Å². The minimum Gasteiger partial charge on any atom is -0.0979 e. The van der Waals surface area contributed by atoms with Gasteiger partial charge in [0.25, 0.3) is 0 Å². The summed E-state index contributed by atoms with van der Waals surface area (Å²) in [5.41, 5.74) is 4.72. The Morgan fingerprint density at radius 3 is 1.78 bits per heavy atom. The van der Waals surface area contributed by atoms with Gasteiger partial charge in [-0.3, -0.25) is 0 Å². The lowest BCUT2D eigenvalue weighted by atomic mass is 9.77. The van der Waals surface area contributed by atoms with E-state index in [1.54, 1.807) is 0 Å². The zero-order valence-electron chi connectivity index (χ0n) is 20.3. The molecule has 0 heteroatoms. The van der Waals surface area contributed by atoms with Gasteiger partial charge in [0.05, 0.1) is 0 Å². The lowest BCUT2D eigenvalue weighted by Gasteiger charge is -2.29. The molecule has 0 spiro atoms. The molecule has 0 heterocycles. The summed E-state index contributed by atoms with van der Waals surface area (Å²) < 4.78 is 0. The topological polar surface area (TPSA) is 0 Å². The fourth-order valence-corrected chi connectivity index (χ4v) is 4.73. The molecular weight excluding hydrogens is 384 g/mol. The summed E-state index contributed by atoms with van der Waals surface area (Å²) in [7, 11) is 0. The van der Waals surface area contributed by atoms with E-state index in [2.05, 4.69) is 86.1 Å². The van der Waals surface area contributed by atoms with E-state index in [0.29, 0.717) is 0 Å². The zero-order valence-corrected chi connectivity index (χ0v) is 20.3. The van der Waals surface area contributed by atoms with Crippen LogP contribution in [0.3, 0.4) is 0 Å². The molecule has 0 bridgehead atoms. The molecule has 3 rings (SSSR count). The maximum absolute atomic E-state index is 3.32. The van der Waals surface area contributed by atoms with Gasteiger partial charge < -0.3 is 0 Å². The molecule has 0 unspecified atom stereocenters. The molecule has 0 atom stereocenters. The van der Waals surface area contributed by atoms with E-state index in [0.717, 1.165) is 41.4 Å². The Bertz CT molecular complexity index is 900. The first-order valence-corrected chi connectivity index (χ1v) is 13.0. The molecule has 0 amide bonds. The van der Waals surface area contributed by atoms with Gasteiger partial charge in [-0.15, -0.1) is 0 Å². The van der Waals surface area contributed by atoms with Crippen LogP contribution in [-0.4, -0.2) is 0 Å². The van der Waals surface area contributed by atoms with Crippen LogP contribution in [-0.2, 0) is 0 Å². The molecule has 0 saturated heterocycles. The van der Waals surface area contributed by atoms with Gasteiger partial charge in [-0.1, -0.05) is 88.2 Å². The fraction of sp³-hybridized carbons (Fsp3) is 0.500.